The van der Waals surface area contributed by atoms with E-state index in [0.29, 0.717) is 0 Å². The van der Waals surface area contributed by atoms with Crippen LogP contribution >= 0.6 is 0 Å². The summed E-state index contributed by atoms with van der Waals surface area (Å²) in [7, 11) is -0.827. The van der Waals surface area contributed by atoms with Gasteiger partial charge in [0.2, 0.25) is 0 Å². The van der Waals surface area contributed by atoms with E-state index in [-0.39, 0.29) is 21.1 Å². The van der Waals surface area contributed by atoms with Gasteiger partial charge in [0, 0.05) is 0 Å². The predicted molar refractivity (Wildman–Crippen MR) is 66.7 cm³/mol. The maximum Gasteiger partial charge on any atom is 2.00 e. The molecule has 0 rings (SSSR count). The third-order valence-electron chi connectivity index (χ3n) is 1.04. The Morgan fingerprint density at radius 2 is 1.08 bits per heavy atom. The Balaban J connectivity index is -0.000000143. The Morgan fingerprint density at radius 3 is 1.08 bits per heavy atom. The predicted octanol–water partition coefficient (Wildman–Crippen LogP) is 2.80. The zero-order valence-corrected chi connectivity index (χ0v) is 13.8. The van der Waals surface area contributed by atoms with E-state index in [2.05, 4.69) is 51.4 Å². The van der Waals surface area contributed by atoms with Gasteiger partial charge in [0.25, 0.3) is 0 Å². The smallest absolute Gasteiger partial charge is 0.245 e. The van der Waals surface area contributed by atoms with Crippen molar-refractivity contribution in [3.05, 3.63) is 37.4 Å². The summed E-state index contributed by atoms with van der Waals surface area (Å²) in [5.41, 5.74) is 0. The fourth-order valence-corrected chi connectivity index (χ4v) is 1.63. The Labute approximate surface area is 102 Å². The Bertz CT molecular complexity index is 97.5. The second-order valence-electron chi connectivity index (χ2n) is 3.34. The first-order chi connectivity index (χ1) is 5.54. The van der Waals surface area contributed by atoms with Crippen LogP contribution in [0.4, 0.5) is 0 Å². The molecule has 0 aliphatic rings. The maximum atomic E-state index is 3.58. The molecule has 0 aromatic rings. The second kappa shape index (κ2) is 14.8. The van der Waals surface area contributed by atoms with Crippen molar-refractivity contribution in [3.8, 4) is 0 Å². The van der Waals surface area contributed by atoms with Crippen molar-refractivity contribution in [1.82, 2.24) is 0 Å². The molecule has 0 nitrogen and oxygen atoms in total. The fourth-order valence-electron chi connectivity index (χ4n) is 0.544. The van der Waals surface area contributed by atoms with Gasteiger partial charge in [-0.25, -0.2) is 37.4 Å². The molecule has 0 saturated carbocycles. The Hall–Kier alpha value is 0.342. The van der Waals surface area contributed by atoms with E-state index in [1.54, 1.807) is 0 Å². The van der Waals surface area contributed by atoms with Crippen LogP contribution in [0.15, 0.2) is 25.3 Å². The van der Waals surface area contributed by atoms with Gasteiger partial charge < -0.3 is 0 Å². The summed E-state index contributed by atoms with van der Waals surface area (Å²) in [5.74, 6) is 0. The molecule has 0 unspecified atom stereocenters. The molecule has 0 heterocycles. The number of hydrogen-bond donors (Lipinski definition) is 0. The molecule has 0 atom stereocenters. The van der Waals surface area contributed by atoms with Crippen LogP contribution in [0.25, 0.3) is 0 Å². The first-order valence-corrected chi connectivity index (χ1v) is 10.4. The molecule has 0 aliphatic heterocycles. The number of hydrogen-bond acceptors (Lipinski definition) is 0. The molecular formula is C10H22PtSi2. The largest absolute Gasteiger partial charge is 2.00 e. The quantitative estimate of drug-likeness (QED) is 0.509. The van der Waals surface area contributed by atoms with Gasteiger partial charge in [-0.3, -0.25) is 0 Å². The Kier molecular flexibility index (Phi) is 21.7. The molecule has 0 bridgehead atoms. The molecule has 0 N–H and O–H groups in total. The summed E-state index contributed by atoms with van der Waals surface area (Å²) in [4.78, 5) is 0. The first-order valence-electron chi connectivity index (χ1n) is 4.46. The van der Waals surface area contributed by atoms with Crippen molar-refractivity contribution in [2.45, 2.75) is 26.2 Å². The topological polar surface area (TPSA) is 0 Å². The zero-order valence-electron chi connectivity index (χ0n) is 9.19. The molecule has 0 fully saturated rings. The average Bonchev–Trinajstić information content (AvgIpc) is 1.87. The summed E-state index contributed by atoms with van der Waals surface area (Å²) < 4.78 is 0. The van der Waals surface area contributed by atoms with Crippen LogP contribution in [-0.2, 0) is 21.1 Å². The van der Waals surface area contributed by atoms with E-state index in [9.17, 15) is 0 Å². The second-order valence-corrected chi connectivity index (χ2v) is 9.09. The van der Waals surface area contributed by atoms with Crippen molar-refractivity contribution in [2.24, 2.45) is 0 Å². The van der Waals surface area contributed by atoms with E-state index >= 15 is 0 Å². The summed E-state index contributed by atoms with van der Waals surface area (Å²) in [5, 5.41) is 0. The minimum atomic E-state index is -0.414. The van der Waals surface area contributed by atoms with Gasteiger partial charge in [-0.15, -0.1) is 0 Å². The van der Waals surface area contributed by atoms with Crippen molar-refractivity contribution in [1.29, 1.82) is 0 Å². The van der Waals surface area contributed by atoms with Crippen LogP contribution in [-0.4, -0.2) is 17.6 Å². The minimum absolute atomic E-state index is 0. The van der Waals surface area contributed by atoms with Crippen LogP contribution in [0.1, 0.15) is 0 Å². The summed E-state index contributed by atoms with van der Waals surface area (Å²) in [6, 6.07) is 4.39. The van der Waals surface area contributed by atoms with Crippen LogP contribution in [0.3, 0.4) is 0 Å². The molecule has 0 radical (unpaired) electrons. The fraction of sp³-hybridized carbons (Fsp3) is 0.400. The number of rotatable bonds is 4. The molecule has 0 aliphatic carbocycles. The zero-order chi connectivity index (χ0) is 9.98. The van der Waals surface area contributed by atoms with Crippen LogP contribution < -0.4 is 0 Å². The maximum absolute atomic E-state index is 3.58. The van der Waals surface area contributed by atoms with Crippen molar-refractivity contribution in [2.75, 3.05) is 0 Å². The molecule has 0 saturated heterocycles. The van der Waals surface area contributed by atoms with E-state index < -0.39 is 17.6 Å². The van der Waals surface area contributed by atoms with E-state index in [0.717, 1.165) is 0 Å². The van der Waals surface area contributed by atoms with E-state index in [1.165, 1.54) is 0 Å². The van der Waals surface area contributed by atoms with Gasteiger partial charge >= 0.3 is 21.1 Å². The molecule has 0 aromatic carbocycles. The molecule has 0 spiro atoms. The van der Waals surface area contributed by atoms with Gasteiger partial charge in [0.1, 0.15) is 0 Å². The van der Waals surface area contributed by atoms with Crippen LogP contribution in [0.5, 0.6) is 0 Å². The molecule has 0 aromatic heterocycles. The van der Waals surface area contributed by atoms with Gasteiger partial charge in [-0.2, -0.15) is 0 Å². The number of allylic oxidation sites excluding steroid dienone is 2. The monoisotopic (exact) mass is 393 g/mol. The summed E-state index contributed by atoms with van der Waals surface area (Å²) in [6.45, 7) is 16.2. The van der Waals surface area contributed by atoms with E-state index in [4.69, 9.17) is 0 Å². The van der Waals surface area contributed by atoms with E-state index in [1.807, 2.05) is 12.2 Å². The molecule has 0 amide bonds. The average molecular weight is 394 g/mol. The molecule has 13 heavy (non-hydrogen) atoms. The summed E-state index contributed by atoms with van der Waals surface area (Å²) >= 11 is 0. The van der Waals surface area contributed by atoms with Crippen molar-refractivity contribution >= 4 is 17.6 Å². The normalized spacial score (nSPS) is 7.85. The van der Waals surface area contributed by atoms with Gasteiger partial charge in [0.15, 0.2) is 0 Å². The first kappa shape index (κ1) is 19.0. The van der Waals surface area contributed by atoms with Crippen LogP contribution in [0.2, 0.25) is 26.2 Å². The third kappa shape index (κ3) is 32.8. The van der Waals surface area contributed by atoms with Crippen LogP contribution in [0, 0.1) is 12.1 Å². The molecule has 80 valence electrons. The Morgan fingerprint density at radius 1 is 0.846 bits per heavy atom. The SMILES string of the molecule is C=C[CH-][SiH](C)C.C=C[CH-][SiH](C)C.[Pt+2]. The molecular weight excluding hydrogens is 371 g/mol. The third-order valence-corrected chi connectivity index (χ3v) is 3.13. The standard InChI is InChI=1S/2C5H11Si.Pt/c2*1-4-5-6(2)3;/h2*4-6H,1H2,2-3H3;/q2*-1;+2. The summed E-state index contributed by atoms with van der Waals surface area (Å²) in [6.07, 6.45) is 3.77. The van der Waals surface area contributed by atoms with Crippen molar-refractivity contribution < 1.29 is 21.1 Å². The van der Waals surface area contributed by atoms with Gasteiger partial charge in [0.05, 0.1) is 0 Å². The van der Waals surface area contributed by atoms with Gasteiger partial charge in [-0.1, -0.05) is 26.2 Å². The van der Waals surface area contributed by atoms with Gasteiger partial charge in [-0.05, 0) is 17.6 Å². The van der Waals surface area contributed by atoms with Crippen molar-refractivity contribution in [3.63, 3.8) is 0 Å². The molecule has 3 heteroatoms. The minimum Gasteiger partial charge on any atom is -0.245 e.